The number of hydrogen-bond acceptors (Lipinski definition) is 3. The summed E-state index contributed by atoms with van der Waals surface area (Å²) in [7, 11) is 0. The van der Waals surface area contributed by atoms with Crippen LogP contribution in [0.15, 0.2) is 24.3 Å². The molecule has 0 aliphatic heterocycles. The molecule has 106 valence electrons. The molecule has 0 saturated heterocycles. The maximum atomic E-state index is 10.3. The molecular weight excluding hydrogens is 266 g/mol. The Morgan fingerprint density at radius 3 is 2.11 bits per heavy atom. The van der Waals surface area contributed by atoms with Crippen molar-refractivity contribution in [2.75, 3.05) is 13.2 Å². The Balaban J connectivity index is 0.000000191. The number of aliphatic hydroxyl groups is 1. The van der Waals surface area contributed by atoms with Gasteiger partial charge in [0.15, 0.2) is 0 Å². The van der Waals surface area contributed by atoms with E-state index in [1.54, 1.807) is 12.1 Å². The second-order valence-corrected chi connectivity index (χ2v) is 5.70. The molecule has 1 aromatic carbocycles. The van der Waals surface area contributed by atoms with Gasteiger partial charge in [0.25, 0.3) is 0 Å². The van der Waals surface area contributed by atoms with Crippen LogP contribution in [0.4, 0.5) is 0 Å². The summed E-state index contributed by atoms with van der Waals surface area (Å²) < 4.78 is 0. The molecule has 0 heterocycles. The van der Waals surface area contributed by atoms with Crippen LogP contribution >= 0.6 is 11.6 Å². The van der Waals surface area contributed by atoms with Crippen LogP contribution in [0.25, 0.3) is 0 Å². The van der Waals surface area contributed by atoms with Crippen molar-refractivity contribution in [1.29, 1.82) is 0 Å². The molecule has 0 aromatic heterocycles. The van der Waals surface area contributed by atoms with Gasteiger partial charge in [-0.3, -0.25) is 0 Å². The van der Waals surface area contributed by atoms with Gasteiger partial charge in [0.05, 0.1) is 5.56 Å². The summed E-state index contributed by atoms with van der Waals surface area (Å²) in [6.07, 6.45) is 0. The average Bonchev–Trinajstić information content (AvgIpc) is 2.91. The minimum atomic E-state index is -0.934. The van der Waals surface area contributed by atoms with Crippen LogP contribution in [0.3, 0.4) is 0 Å². The van der Waals surface area contributed by atoms with Crippen molar-refractivity contribution in [3.05, 3.63) is 34.9 Å². The van der Waals surface area contributed by atoms with Gasteiger partial charge in [0.2, 0.25) is 0 Å². The Morgan fingerprint density at radius 2 is 1.84 bits per heavy atom. The van der Waals surface area contributed by atoms with Crippen LogP contribution in [0.5, 0.6) is 0 Å². The maximum Gasteiger partial charge on any atom is 0.335 e. The van der Waals surface area contributed by atoms with E-state index < -0.39 is 5.97 Å². The Hall–Kier alpha value is -1.10. The van der Waals surface area contributed by atoms with Crippen LogP contribution in [-0.2, 0) is 0 Å². The zero-order valence-corrected chi connectivity index (χ0v) is 11.9. The number of carboxylic acid groups (broad SMARTS) is 1. The fourth-order valence-electron chi connectivity index (χ4n) is 2.28. The number of rotatable bonds is 3. The van der Waals surface area contributed by atoms with E-state index >= 15 is 0 Å². The molecule has 0 amide bonds. The molecule has 1 fully saturated rings. The Morgan fingerprint density at radius 1 is 1.32 bits per heavy atom. The molecule has 2 rings (SSSR count). The smallest absolute Gasteiger partial charge is 0.335 e. The molecule has 1 saturated carbocycles. The highest BCUT2D eigenvalue weighted by Crippen LogP contribution is 2.56. The number of aromatic carboxylic acids is 1. The molecule has 2 atom stereocenters. The van der Waals surface area contributed by atoms with Gasteiger partial charge < -0.3 is 15.9 Å². The summed E-state index contributed by atoms with van der Waals surface area (Å²) in [5.74, 6) is 0.0849. The third-order valence-electron chi connectivity index (χ3n) is 3.83. The fourth-order valence-corrected chi connectivity index (χ4v) is 2.41. The van der Waals surface area contributed by atoms with Crippen molar-refractivity contribution in [1.82, 2.24) is 0 Å². The normalized spacial score (nSPS) is 23.2. The molecule has 0 spiro atoms. The molecular formula is C14H20ClNO3. The zero-order chi connectivity index (χ0) is 14.6. The quantitative estimate of drug-likeness (QED) is 0.795. The summed E-state index contributed by atoms with van der Waals surface area (Å²) in [5, 5.41) is 17.8. The molecule has 4 N–H and O–H groups in total. The third kappa shape index (κ3) is 3.93. The molecule has 0 bridgehead atoms. The lowest BCUT2D eigenvalue weighted by molar-refractivity contribution is 0.0697. The van der Waals surface area contributed by atoms with E-state index in [4.69, 9.17) is 27.5 Å². The molecule has 0 radical (unpaired) electrons. The van der Waals surface area contributed by atoms with Crippen LogP contribution in [0, 0.1) is 17.3 Å². The van der Waals surface area contributed by atoms with Crippen LogP contribution < -0.4 is 5.73 Å². The van der Waals surface area contributed by atoms with Crippen LogP contribution in [0.1, 0.15) is 24.2 Å². The molecule has 1 aromatic rings. The first-order valence-electron chi connectivity index (χ1n) is 6.14. The van der Waals surface area contributed by atoms with Gasteiger partial charge in [-0.1, -0.05) is 25.4 Å². The lowest BCUT2D eigenvalue weighted by atomic mass is 10.1. The summed E-state index contributed by atoms with van der Waals surface area (Å²) in [5.41, 5.74) is 6.03. The number of hydrogen-bond donors (Lipinski definition) is 3. The summed E-state index contributed by atoms with van der Waals surface area (Å²) in [6.45, 7) is 5.34. The van der Waals surface area contributed by atoms with E-state index in [-0.39, 0.29) is 5.56 Å². The molecule has 5 heteroatoms. The zero-order valence-electron chi connectivity index (χ0n) is 11.1. The van der Waals surface area contributed by atoms with E-state index in [0.717, 1.165) is 6.54 Å². The lowest BCUT2D eigenvalue weighted by Gasteiger charge is -1.97. The Bertz CT molecular complexity index is 419. The van der Waals surface area contributed by atoms with Gasteiger partial charge >= 0.3 is 5.97 Å². The van der Waals surface area contributed by atoms with E-state index in [1.807, 2.05) is 0 Å². The predicted molar refractivity (Wildman–Crippen MR) is 75.3 cm³/mol. The maximum absolute atomic E-state index is 10.3. The van der Waals surface area contributed by atoms with Crippen LogP contribution in [0.2, 0.25) is 5.02 Å². The highest BCUT2D eigenvalue weighted by Gasteiger charge is 2.55. The van der Waals surface area contributed by atoms with Gasteiger partial charge in [-0.2, -0.15) is 0 Å². The number of carbonyl (C=O) groups is 1. The summed E-state index contributed by atoms with van der Waals surface area (Å²) in [4.78, 5) is 10.3. The largest absolute Gasteiger partial charge is 0.478 e. The first-order valence-corrected chi connectivity index (χ1v) is 6.52. The van der Waals surface area contributed by atoms with Gasteiger partial charge in [-0.05, 0) is 48.1 Å². The average molecular weight is 286 g/mol. The standard InChI is InChI=1S/C7H5ClO2.C7H15NO/c8-6-3-1-5(2-4-6)7(9)10;1-7(2)5(3-8)6(7)4-9/h1-4H,(H,9,10);5-6,9H,3-4,8H2,1-2H3/t;5-,6+/m.0/s1. The van der Waals surface area contributed by atoms with E-state index in [1.165, 1.54) is 12.1 Å². The minimum absolute atomic E-state index is 0.254. The number of benzene rings is 1. The second kappa shape index (κ2) is 6.37. The molecule has 0 unspecified atom stereocenters. The summed E-state index contributed by atoms with van der Waals surface area (Å²) in [6, 6.07) is 6.02. The minimum Gasteiger partial charge on any atom is -0.478 e. The fraction of sp³-hybridized carbons (Fsp3) is 0.500. The van der Waals surface area contributed by atoms with E-state index in [9.17, 15) is 4.79 Å². The van der Waals surface area contributed by atoms with Gasteiger partial charge in [0, 0.05) is 11.6 Å². The topological polar surface area (TPSA) is 83.5 Å². The van der Waals surface area contributed by atoms with Crippen molar-refractivity contribution in [3.8, 4) is 0 Å². The molecule has 1 aliphatic carbocycles. The van der Waals surface area contributed by atoms with Crippen LogP contribution in [-0.4, -0.2) is 29.3 Å². The van der Waals surface area contributed by atoms with Crippen molar-refractivity contribution in [2.45, 2.75) is 13.8 Å². The molecule has 4 nitrogen and oxygen atoms in total. The number of halogens is 1. The van der Waals surface area contributed by atoms with Gasteiger partial charge in [-0.25, -0.2) is 4.79 Å². The first kappa shape index (κ1) is 16.0. The van der Waals surface area contributed by atoms with E-state index in [0.29, 0.717) is 28.9 Å². The highest BCUT2D eigenvalue weighted by atomic mass is 35.5. The van der Waals surface area contributed by atoms with Crippen molar-refractivity contribution < 1.29 is 15.0 Å². The number of carboxylic acids is 1. The number of aliphatic hydroxyl groups excluding tert-OH is 1. The Labute approximate surface area is 118 Å². The monoisotopic (exact) mass is 285 g/mol. The number of nitrogens with two attached hydrogens (primary N) is 1. The SMILES string of the molecule is CC1(C)[C@H](CO)[C@@H]1CN.O=C(O)c1ccc(Cl)cc1. The van der Waals surface area contributed by atoms with E-state index in [2.05, 4.69) is 13.8 Å². The Kier molecular flexibility index (Phi) is 5.35. The summed E-state index contributed by atoms with van der Waals surface area (Å²) >= 11 is 5.52. The molecule has 1 aliphatic rings. The first-order chi connectivity index (χ1) is 8.84. The predicted octanol–water partition coefficient (Wildman–Crippen LogP) is 2.25. The lowest BCUT2D eigenvalue weighted by Crippen LogP contribution is -2.05. The highest BCUT2D eigenvalue weighted by molar-refractivity contribution is 6.30. The van der Waals surface area contributed by atoms with Crippen molar-refractivity contribution >= 4 is 17.6 Å². The van der Waals surface area contributed by atoms with Gasteiger partial charge in [0.1, 0.15) is 0 Å². The third-order valence-corrected chi connectivity index (χ3v) is 4.08. The van der Waals surface area contributed by atoms with Crippen molar-refractivity contribution in [2.24, 2.45) is 23.0 Å². The second-order valence-electron chi connectivity index (χ2n) is 5.26. The van der Waals surface area contributed by atoms with Gasteiger partial charge in [-0.15, -0.1) is 0 Å². The molecule has 19 heavy (non-hydrogen) atoms. The van der Waals surface area contributed by atoms with Crippen molar-refractivity contribution in [3.63, 3.8) is 0 Å².